The molecule has 0 radical (unpaired) electrons. The molecule has 1 atom stereocenters. The lowest BCUT2D eigenvalue weighted by molar-refractivity contribution is -0.119. The van der Waals surface area contributed by atoms with Crippen molar-refractivity contribution in [2.24, 2.45) is 0 Å². The lowest BCUT2D eigenvalue weighted by atomic mass is 10.1. The fourth-order valence-corrected chi connectivity index (χ4v) is 2.66. The molecular weight excluding hydrogens is 290 g/mol. The van der Waals surface area contributed by atoms with Gasteiger partial charge in [0.25, 0.3) is 5.56 Å². The van der Waals surface area contributed by atoms with Crippen LogP contribution in [0.4, 0.5) is 5.69 Å². The molecule has 1 amide bonds. The van der Waals surface area contributed by atoms with E-state index in [0.717, 1.165) is 35.3 Å². The second kappa shape index (κ2) is 5.99. The van der Waals surface area contributed by atoms with Crippen molar-refractivity contribution in [3.05, 3.63) is 57.5 Å². The van der Waals surface area contributed by atoms with Crippen LogP contribution in [0, 0.1) is 13.8 Å². The third kappa shape index (κ3) is 3.18. The quantitative estimate of drug-likeness (QED) is 0.944. The van der Waals surface area contributed by atoms with E-state index >= 15 is 0 Å². The van der Waals surface area contributed by atoms with Gasteiger partial charge in [0, 0.05) is 17.7 Å². The molecule has 1 aromatic heterocycles. The summed E-state index contributed by atoms with van der Waals surface area (Å²) < 4.78 is 1.29. The van der Waals surface area contributed by atoms with Gasteiger partial charge in [-0.3, -0.25) is 9.59 Å². The zero-order valence-electron chi connectivity index (χ0n) is 13.7. The topological polar surface area (TPSA) is 64.0 Å². The number of rotatable bonds is 4. The third-order valence-electron chi connectivity index (χ3n) is 4.32. The Labute approximate surface area is 135 Å². The van der Waals surface area contributed by atoms with Crippen LogP contribution in [0.15, 0.2) is 35.1 Å². The Balaban J connectivity index is 1.85. The van der Waals surface area contributed by atoms with Crippen LogP contribution in [0.5, 0.6) is 0 Å². The molecule has 0 spiro atoms. The first-order valence-corrected chi connectivity index (χ1v) is 7.94. The number of aromatic nitrogens is 2. The summed E-state index contributed by atoms with van der Waals surface area (Å²) >= 11 is 0. The lowest BCUT2D eigenvalue weighted by Crippen LogP contribution is -2.33. The molecule has 23 heavy (non-hydrogen) atoms. The van der Waals surface area contributed by atoms with Gasteiger partial charge in [0.15, 0.2) is 0 Å². The highest BCUT2D eigenvalue weighted by Gasteiger charge is 2.27. The van der Waals surface area contributed by atoms with Crippen molar-refractivity contribution in [1.82, 2.24) is 9.78 Å². The van der Waals surface area contributed by atoms with E-state index in [-0.39, 0.29) is 11.5 Å². The first-order valence-electron chi connectivity index (χ1n) is 7.94. The number of para-hydroxylation sites is 1. The first kappa shape index (κ1) is 15.5. The highest BCUT2D eigenvalue weighted by atomic mass is 16.2. The maximum Gasteiger partial charge on any atom is 0.267 e. The number of aryl methyl sites for hydroxylation is 2. The van der Waals surface area contributed by atoms with Crippen molar-refractivity contribution in [3.8, 4) is 0 Å². The molecule has 1 unspecified atom stereocenters. The van der Waals surface area contributed by atoms with Crippen LogP contribution in [0.25, 0.3) is 0 Å². The molecule has 1 fully saturated rings. The summed E-state index contributed by atoms with van der Waals surface area (Å²) in [5, 5.41) is 7.31. The Morgan fingerprint density at radius 1 is 1.22 bits per heavy atom. The van der Waals surface area contributed by atoms with Gasteiger partial charge in [0.2, 0.25) is 5.91 Å². The number of hydrogen-bond acceptors (Lipinski definition) is 3. The van der Waals surface area contributed by atoms with E-state index < -0.39 is 6.04 Å². The molecule has 120 valence electrons. The molecule has 3 rings (SSSR count). The van der Waals surface area contributed by atoms with Gasteiger partial charge in [0.05, 0.1) is 5.69 Å². The summed E-state index contributed by atoms with van der Waals surface area (Å²) in [6.45, 7) is 5.60. The van der Waals surface area contributed by atoms with Gasteiger partial charge in [-0.25, -0.2) is 4.68 Å². The van der Waals surface area contributed by atoms with E-state index in [9.17, 15) is 9.59 Å². The van der Waals surface area contributed by atoms with E-state index in [1.54, 1.807) is 13.0 Å². The van der Waals surface area contributed by atoms with Gasteiger partial charge in [-0.05, 0) is 50.8 Å². The molecule has 1 aromatic carbocycles. The first-order chi connectivity index (χ1) is 11.0. The summed E-state index contributed by atoms with van der Waals surface area (Å²) in [7, 11) is 0. The minimum absolute atomic E-state index is 0.232. The SMILES string of the molecule is Cc1cccc(C)c1NC(=O)C(C)n1nc(C2CC2)ccc1=O. The fourth-order valence-electron chi connectivity index (χ4n) is 2.66. The Morgan fingerprint density at radius 3 is 2.48 bits per heavy atom. The Bertz CT molecular complexity index is 786. The zero-order chi connectivity index (χ0) is 16.6. The predicted octanol–water partition coefficient (Wildman–Crippen LogP) is 2.94. The summed E-state index contributed by atoms with van der Waals surface area (Å²) in [6, 6.07) is 8.47. The van der Waals surface area contributed by atoms with Crippen LogP contribution in [-0.4, -0.2) is 15.7 Å². The number of nitrogens with one attached hydrogen (secondary N) is 1. The maximum atomic E-state index is 12.6. The van der Waals surface area contributed by atoms with Crippen LogP contribution in [0.2, 0.25) is 0 Å². The Hall–Kier alpha value is -2.43. The van der Waals surface area contributed by atoms with Gasteiger partial charge in [-0.1, -0.05) is 18.2 Å². The third-order valence-corrected chi connectivity index (χ3v) is 4.32. The molecule has 0 aliphatic heterocycles. The lowest BCUT2D eigenvalue weighted by Gasteiger charge is -2.17. The number of carbonyl (C=O) groups is 1. The van der Waals surface area contributed by atoms with Gasteiger partial charge in [0.1, 0.15) is 6.04 Å². The van der Waals surface area contributed by atoms with Gasteiger partial charge in [-0.15, -0.1) is 0 Å². The molecule has 0 bridgehead atoms. The average Bonchev–Trinajstić information content (AvgIpc) is 3.35. The number of anilines is 1. The second-order valence-corrected chi connectivity index (χ2v) is 6.25. The van der Waals surface area contributed by atoms with E-state index in [0.29, 0.717) is 5.92 Å². The molecule has 2 aromatic rings. The smallest absolute Gasteiger partial charge is 0.267 e. The normalized spacial score (nSPS) is 15.3. The fraction of sp³-hybridized carbons (Fsp3) is 0.389. The van der Waals surface area contributed by atoms with Gasteiger partial charge < -0.3 is 5.32 Å². The highest BCUT2D eigenvalue weighted by Crippen LogP contribution is 2.38. The zero-order valence-corrected chi connectivity index (χ0v) is 13.7. The molecule has 5 heteroatoms. The molecule has 1 saturated carbocycles. The van der Waals surface area contributed by atoms with E-state index in [4.69, 9.17) is 0 Å². The van der Waals surface area contributed by atoms with E-state index in [2.05, 4.69) is 10.4 Å². The number of hydrogen-bond donors (Lipinski definition) is 1. The van der Waals surface area contributed by atoms with Crippen molar-refractivity contribution in [2.45, 2.75) is 45.6 Å². The van der Waals surface area contributed by atoms with Crippen molar-refractivity contribution >= 4 is 11.6 Å². The molecule has 1 aliphatic carbocycles. The van der Waals surface area contributed by atoms with Crippen LogP contribution in [0.3, 0.4) is 0 Å². The Morgan fingerprint density at radius 2 is 1.87 bits per heavy atom. The van der Waals surface area contributed by atoms with Crippen LogP contribution >= 0.6 is 0 Å². The van der Waals surface area contributed by atoms with Crippen LogP contribution in [0.1, 0.15) is 48.5 Å². The molecule has 1 N–H and O–H groups in total. The maximum absolute atomic E-state index is 12.6. The van der Waals surface area contributed by atoms with E-state index in [1.807, 2.05) is 32.0 Å². The summed E-state index contributed by atoms with van der Waals surface area (Å²) in [5.74, 6) is 0.209. The number of amides is 1. The number of carbonyl (C=O) groups excluding carboxylic acids is 1. The van der Waals surface area contributed by atoms with Crippen molar-refractivity contribution in [1.29, 1.82) is 0 Å². The number of nitrogens with zero attached hydrogens (tertiary/aromatic N) is 2. The molecule has 0 saturated heterocycles. The van der Waals surface area contributed by atoms with Gasteiger partial charge in [-0.2, -0.15) is 5.10 Å². The molecule has 5 nitrogen and oxygen atoms in total. The second-order valence-electron chi connectivity index (χ2n) is 6.25. The van der Waals surface area contributed by atoms with Crippen LogP contribution < -0.4 is 10.9 Å². The van der Waals surface area contributed by atoms with E-state index in [1.165, 1.54) is 10.7 Å². The summed E-state index contributed by atoms with van der Waals surface area (Å²) in [5.41, 5.74) is 3.45. The van der Waals surface area contributed by atoms with Gasteiger partial charge >= 0.3 is 0 Å². The number of benzene rings is 1. The largest absolute Gasteiger partial charge is 0.324 e. The van der Waals surface area contributed by atoms with Crippen molar-refractivity contribution in [2.75, 3.05) is 5.32 Å². The molecule has 1 heterocycles. The minimum Gasteiger partial charge on any atom is -0.324 e. The van der Waals surface area contributed by atoms with Crippen molar-refractivity contribution < 1.29 is 4.79 Å². The molecule has 1 aliphatic rings. The standard InChI is InChI=1S/C18H21N3O2/c1-11-5-4-6-12(2)17(11)19-18(23)13(3)21-16(22)10-9-15(20-21)14-7-8-14/h4-6,9-10,13-14H,7-8H2,1-3H3,(H,19,23). The Kier molecular flexibility index (Phi) is 4.03. The summed E-state index contributed by atoms with van der Waals surface area (Å²) in [4.78, 5) is 24.6. The van der Waals surface area contributed by atoms with Crippen molar-refractivity contribution in [3.63, 3.8) is 0 Å². The monoisotopic (exact) mass is 311 g/mol. The predicted molar refractivity (Wildman–Crippen MR) is 89.7 cm³/mol. The minimum atomic E-state index is -0.653. The summed E-state index contributed by atoms with van der Waals surface area (Å²) in [6.07, 6.45) is 2.21. The van der Waals surface area contributed by atoms with Crippen LogP contribution in [-0.2, 0) is 4.79 Å². The molecular formula is C18H21N3O2. The average molecular weight is 311 g/mol. The highest BCUT2D eigenvalue weighted by molar-refractivity contribution is 5.94.